The van der Waals surface area contributed by atoms with Crippen LogP contribution in [0.3, 0.4) is 0 Å². The third-order valence-corrected chi connectivity index (χ3v) is 5.89. The van der Waals surface area contributed by atoms with Crippen LogP contribution in [0.15, 0.2) is 11.1 Å². The van der Waals surface area contributed by atoms with E-state index in [9.17, 15) is 19.5 Å². The first-order chi connectivity index (χ1) is 10.1. The molecule has 2 saturated carbocycles. The maximum absolute atomic E-state index is 11.8. The molecule has 1 N–H and O–H groups in total. The van der Waals surface area contributed by atoms with Gasteiger partial charge in [-0.1, -0.05) is 20.8 Å². The summed E-state index contributed by atoms with van der Waals surface area (Å²) in [6.45, 7) is 7.13. The third kappa shape index (κ3) is 1.60. The van der Waals surface area contributed by atoms with Gasteiger partial charge in [-0.15, -0.1) is 0 Å². The fourth-order valence-electron chi connectivity index (χ4n) is 4.98. The maximum Gasteiger partial charge on any atom is 0.303 e. The second-order valence-electron chi connectivity index (χ2n) is 8.13. The fourth-order valence-corrected chi connectivity index (χ4v) is 4.98. The zero-order chi connectivity index (χ0) is 16.6. The molecule has 0 aromatic rings. The number of hydrogen-bond donors (Lipinski definition) is 1. The van der Waals surface area contributed by atoms with Gasteiger partial charge in [0.25, 0.3) is 0 Å². The second kappa shape index (κ2) is 4.07. The molecule has 120 valence electrons. The minimum atomic E-state index is -1.36. The van der Waals surface area contributed by atoms with Crippen LogP contribution >= 0.6 is 0 Å². The zero-order valence-corrected chi connectivity index (χ0v) is 13.4. The van der Waals surface area contributed by atoms with Gasteiger partial charge in [0.2, 0.25) is 0 Å². The lowest BCUT2D eigenvalue weighted by Gasteiger charge is -2.43. The number of fused-ring (bicyclic) bond motifs is 2. The monoisotopic (exact) mass is 306 g/mol. The van der Waals surface area contributed by atoms with Crippen molar-refractivity contribution in [3.8, 4) is 0 Å². The highest BCUT2D eigenvalue weighted by molar-refractivity contribution is 5.91. The number of ether oxygens (including phenoxy) is 1. The number of aliphatic hydroxyl groups is 1. The first-order valence-corrected chi connectivity index (χ1v) is 7.61. The van der Waals surface area contributed by atoms with Crippen LogP contribution in [0.2, 0.25) is 0 Å². The number of carbonyl (C=O) groups excluding carboxylic acids is 3. The van der Waals surface area contributed by atoms with Gasteiger partial charge < -0.3 is 14.6 Å². The Balaban J connectivity index is 2.24. The zero-order valence-electron chi connectivity index (χ0n) is 13.4. The van der Waals surface area contributed by atoms with E-state index in [0.717, 1.165) is 6.29 Å². The van der Waals surface area contributed by atoms with E-state index in [1.807, 2.05) is 20.8 Å². The van der Waals surface area contributed by atoms with E-state index < -0.39 is 28.5 Å². The van der Waals surface area contributed by atoms with Crippen molar-refractivity contribution in [2.24, 2.45) is 16.2 Å². The van der Waals surface area contributed by atoms with Gasteiger partial charge in [0.1, 0.15) is 24.3 Å². The van der Waals surface area contributed by atoms with E-state index in [-0.39, 0.29) is 5.41 Å². The van der Waals surface area contributed by atoms with Gasteiger partial charge in [-0.25, -0.2) is 0 Å². The van der Waals surface area contributed by atoms with E-state index in [4.69, 9.17) is 4.74 Å². The van der Waals surface area contributed by atoms with Crippen molar-refractivity contribution >= 4 is 18.5 Å². The average Bonchev–Trinajstić information content (AvgIpc) is 2.93. The molecule has 0 heterocycles. The highest BCUT2D eigenvalue weighted by Gasteiger charge is 2.79. The topological polar surface area (TPSA) is 80.7 Å². The summed E-state index contributed by atoms with van der Waals surface area (Å²) in [5.41, 5.74) is -2.22. The lowest BCUT2D eigenvalue weighted by molar-refractivity contribution is -0.172. The molecule has 0 bridgehead atoms. The summed E-state index contributed by atoms with van der Waals surface area (Å²) in [6, 6.07) is 0. The van der Waals surface area contributed by atoms with Crippen LogP contribution in [0.5, 0.6) is 0 Å². The lowest BCUT2D eigenvalue weighted by atomic mass is 9.68. The van der Waals surface area contributed by atoms with Crippen molar-refractivity contribution < 1.29 is 24.2 Å². The molecule has 22 heavy (non-hydrogen) atoms. The maximum atomic E-state index is 11.8. The first kappa shape index (κ1) is 15.4. The molecule has 5 nitrogen and oxygen atoms in total. The van der Waals surface area contributed by atoms with Crippen LogP contribution in [0.4, 0.5) is 0 Å². The molecule has 0 radical (unpaired) electrons. The number of aldehydes is 2. The molecule has 4 atom stereocenters. The lowest BCUT2D eigenvalue weighted by Crippen LogP contribution is -2.54. The summed E-state index contributed by atoms with van der Waals surface area (Å²) in [6.07, 6.45) is 2.09. The van der Waals surface area contributed by atoms with Crippen molar-refractivity contribution in [3.05, 3.63) is 11.1 Å². The van der Waals surface area contributed by atoms with E-state index in [1.165, 1.54) is 6.92 Å². The van der Waals surface area contributed by atoms with Crippen molar-refractivity contribution in [1.29, 1.82) is 0 Å². The third-order valence-electron chi connectivity index (χ3n) is 5.89. The van der Waals surface area contributed by atoms with Gasteiger partial charge in [0, 0.05) is 17.9 Å². The quantitative estimate of drug-likeness (QED) is 0.632. The second-order valence-corrected chi connectivity index (χ2v) is 8.13. The number of allylic oxidation sites excluding steroid dienone is 1. The summed E-state index contributed by atoms with van der Waals surface area (Å²) in [5, 5.41) is 11.3. The van der Waals surface area contributed by atoms with Crippen LogP contribution < -0.4 is 0 Å². The Hall–Kier alpha value is -1.49. The van der Waals surface area contributed by atoms with E-state index in [1.54, 1.807) is 0 Å². The van der Waals surface area contributed by atoms with Crippen molar-refractivity contribution in [2.75, 3.05) is 0 Å². The highest BCUT2D eigenvalue weighted by Crippen LogP contribution is 2.76. The Morgan fingerprint density at radius 2 is 1.91 bits per heavy atom. The Kier molecular flexibility index (Phi) is 2.85. The molecule has 3 rings (SSSR count). The molecule has 5 heteroatoms. The minimum Gasteiger partial charge on any atom is -0.458 e. The van der Waals surface area contributed by atoms with Gasteiger partial charge in [-0.3, -0.25) is 9.59 Å². The predicted molar refractivity (Wildman–Crippen MR) is 77.8 cm³/mol. The smallest absolute Gasteiger partial charge is 0.303 e. The molecule has 3 aliphatic carbocycles. The van der Waals surface area contributed by atoms with Crippen LogP contribution in [0.25, 0.3) is 0 Å². The largest absolute Gasteiger partial charge is 0.458 e. The molecule has 2 fully saturated rings. The van der Waals surface area contributed by atoms with Gasteiger partial charge in [-0.2, -0.15) is 0 Å². The number of carbonyl (C=O) groups is 3. The molecule has 0 saturated heterocycles. The minimum absolute atomic E-state index is 0.214. The van der Waals surface area contributed by atoms with E-state index in [2.05, 4.69) is 0 Å². The van der Waals surface area contributed by atoms with Crippen LogP contribution in [-0.4, -0.2) is 35.4 Å². The van der Waals surface area contributed by atoms with E-state index >= 15 is 0 Å². The first-order valence-electron chi connectivity index (χ1n) is 7.61. The Morgan fingerprint density at radius 1 is 1.27 bits per heavy atom. The fraction of sp³-hybridized carbons (Fsp3) is 0.706. The Morgan fingerprint density at radius 3 is 2.41 bits per heavy atom. The summed E-state index contributed by atoms with van der Waals surface area (Å²) >= 11 is 0. The van der Waals surface area contributed by atoms with Gasteiger partial charge in [0.05, 0.1) is 5.41 Å². The molecule has 0 aromatic carbocycles. The summed E-state index contributed by atoms with van der Waals surface area (Å²) in [7, 11) is 0. The van der Waals surface area contributed by atoms with Crippen LogP contribution in [0.1, 0.15) is 47.0 Å². The number of hydrogen-bond acceptors (Lipinski definition) is 5. The molecule has 4 unspecified atom stereocenters. The highest BCUT2D eigenvalue weighted by atomic mass is 16.6. The van der Waals surface area contributed by atoms with Gasteiger partial charge in [-0.05, 0) is 30.3 Å². The molecule has 0 aromatic heterocycles. The molecular weight excluding hydrogens is 284 g/mol. The van der Waals surface area contributed by atoms with Crippen molar-refractivity contribution in [1.82, 2.24) is 0 Å². The molecular formula is C17H22O5. The van der Waals surface area contributed by atoms with Crippen LogP contribution in [-0.2, 0) is 19.1 Å². The van der Waals surface area contributed by atoms with E-state index in [0.29, 0.717) is 36.7 Å². The van der Waals surface area contributed by atoms with Crippen LogP contribution in [0, 0.1) is 16.2 Å². The molecule has 3 aliphatic rings. The Labute approximate surface area is 129 Å². The summed E-state index contributed by atoms with van der Waals surface area (Å²) in [4.78, 5) is 35.0. The molecule has 0 aliphatic heterocycles. The Bertz CT molecular complexity index is 619. The number of rotatable bonds is 3. The summed E-state index contributed by atoms with van der Waals surface area (Å²) in [5.74, 6) is -0.482. The number of esters is 1. The van der Waals surface area contributed by atoms with Gasteiger partial charge >= 0.3 is 5.97 Å². The molecule has 0 spiro atoms. The normalized spacial score (nSPS) is 44.9. The van der Waals surface area contributed by atoms with Crippen molar-refractivity contribution in [3.63, 3.8) is 0 Å². The van der Waals surface area contributed by atoms with Crippen molar-refractivity contribution in [2.45, 2.75) is 58.7 Å². The SMILES string of the molecule is CC(=O)OC1C2(O)CC(C)(C)CC2=C(C=O)C2(C=O)CC12C. The summed E-state index contributed by atoms with van der Waals surface area (Å²) < 4.78 is 5.48. The van der Waals surface area contributed by atoms with Gasteiger partial charge in [0.15, 0.2) is 0 Å². The molecule has 0 amide bonds. The standard InChI is InChI=1S/C17H22O5/c1-10(20)22-13-15(4)8-16(15,9-19)12(6-18)11-5-14(2,3)7-17(11,13)21/h6,9,13,21H,5,7-8H2,1-4H3. The average molecular weight is 306 g/mol. The predicted octanol–water partition coefficient (Wildman–Crippen LogP) is 1.57.